The second kappa shape index (κ2) is 7.24. The zero-order valence-corrected chi connectivity index (χ0v) is 16.0. The Morgan fingerprint density at radius 3 is 2.56 bits per heavy atom. The SMILES string of the molecule is C=C(C)Cn1c(N/N=C\c2ccc(Cl)cc2)nc2c1c(=O)n(C)c(=O)n2C. The molecule has 0 saturated heterocycles. The lowest BCUT2D eigenvalue weighted by Crippen LogP contribution is -2.37. The molecule has 0 aliphatic rings. The molecule has 0 fully saturated rings. The zero-order valence-electron chi connectivity index (χ0n) is 15.2. The van der Waals surface area contributed by atoms with Gasteiger partial charge < -0.3 is 0 Å². The number of benzene rings is 1. The molecule has 1 N–H and O–H groups in total. The monoisotopic (exact) mass is 386 g/mol. The fraction of sp³-hybridized carbons (Fsp3) is 0.222. The highest BCUT2D eigenvalue weighted by Gasteiger charge is 2.18. The molecule has 0 unspecified atom stereocenters. The van der Waals surface area contributed by atoms with Gasteiger partial charge in [0.25, 0.3) is 5.56 Å². The zero-order chi connectivity index (χ0) is 19.7. The van der Waals surface area contributed by atoms with E-state index in [9.17, 15) is 9.59 Å². The van der Waals surface area contributed by atoms with Gasteiger partial charge in [-0.2, -0.15) is 10.1 Å². The summed E-state index contributed by atoms with van der Waals surface area (Å²) in [6, 6.07) is 7.17. The first kappa shape index (κ1) is 18.7. The molecule has 2 heterocycles. The lowest BCUT2D eigenvalue weighted by Gasteiger charge is -2.08. The molecule has 3 rings (SSSR count). The van der Waals surface area contributed by atoms with Gasteiger partial charge in [-0.25, -0.2) is 10.2 Å². The molecule has 0 saturated carbocycles. The van der Waals surface area contributed by atoms with Crippen molar-refractivity contribution in [1.29, 1.82) is 0 Å². The van der Waals surface area contributed by atoms with Crippen molar-refractivity contribution in [1.82, 2.24) is 18.7 Å². The summed E-state index contributed by atoms with van der Waals surface area (Å²) in [6.45, 7) is 6.11. The normalized spacial score (nSPS) is 11.4. The van der Waals surface area contributed by atoms with E-state index in [2.05, 4.69) is 22.1 Å². The molecule has 140 valence electrons. The molecule has 0 aliphatic heterocycles. The number of nitrogens with one attached hydrogen (secondary N) is 1. The summed E-state index contributed by atoms with van der Waals surface area (Å²) in [4.78, 5) is 29.2. The van der Waals surface area contributed by atoms with Gasteiger partial charge in [0, 0.05) is 25.7 Å². The van der Waals surface area contributed by atoms with E-state index in [4.69, 9.17) is 11.6 Å². The highest BCUT2D eigenvalue weighted by Crippen LogP contribution is 2.17. The van der Waals surface area contributed by atoms with E-state index >= 15 is 0 Å². The molecule has 8 nitrogen and oxygen atoms in total. The molecule has 2 aromatic heterocycles. The molecule has 9 heteroatoms. The minimum atomic E-state index is -0.441. The first-order valence-electron chi connectivity index (χ1n) is 8.15. The van der Waals surface area contributed by atoms with E-state index in [0.717, 1.165) is 15.7 Å². The summed E-state index contributed by atoms with van der Waals surface area (Å²) in [7, 11) is 3.01. The molecule has 0 spiro atoms. The molecule has 0 bridgehead atoms. The van der Waals surface area contributed by atoms with Gasteiger partial charge in [0.2, 0.25) is 5.95 Å². The highest BCUT2D eigenvalue weighted by molar-refractivity contribution is 6.30. The van der Waals surface area contributed by atoms with Crippen molar-refractivity contribution in [2.75, 3.05) is 5.43 Å². The maximum Gasteiger partial charge on any atom is 0.332 e. The van der Waals surface area contributed by atoms with Gasteiger partial charge in [-0.1, -0.05) is 35.9 Å². The molecule has 0 atom stereocenters. The fourth-order valence-corrected chi connectivity index (χ4v) is 2.80. The minimum Gasteiger partial charge on any atom is -0.299 e. The summed E-state index contributed by atoms with van der Waals surface area (Å²) in [6.07, 6.45) is 1.61. The number of rotatable bonds is 5. The number of anilines is 1. The van der Waals surface area contributed by atoms with Crippen LogP contribution in [0.1, 0.15) is 12.5 Å². The predicted molar refractivity (Wildman–Crippen MR) is 108 cm³/mol. The minimum absolute atomic E-state index is 0.286. The molecule has 0 amide bonds. The molecule has 0 radical (unpaired) electrons. The number of aromatic nitrogens is 4. The number of fused-ring (bicyclic) bond motifs is 1. The first-order chi connectivity index (χ1) is 12.8. The van der Waals surface area contributed by atoms with E-state index in [0.29, 0.717) is 23.0 Å². The van der Waals surface area contributed by atoms with Gasteiger partial charge in [0.1, 0.15) is 0 Å². The van der Waals surface area contributed by atoms with Crippen LogP contribution in [0, 0.1) is 0 Å². The number of hydrogen-bond donors (Lipinski definition) is 1. The lowest BCUT2D eigenvalue weighted by atomic mass is 10.2. The number of imidazole rings is 1. The number of allylic oxidation sites excluding steroid dienone is 1. The van der Waals surface area contributed by atoms with Crippen molar-refractivity contribution in [2.24, 2.45) is 19.2 Å². The van der Waals surface area contributed by atoms with Crippen molar-refractivity contribution >= 4 is 34.9 Å². The predicted octanol–water partition coefficient (Wildman–Crippen LogP) is 2.11. The van der Waals surface area contributed by atoms with Crippen molar-refractivity contribution in [3.8, 4) is 0 Å². The quantitative estimate of drug-likeness (QED) is 0.413. The van der Waals surface area contributed by atoms with Gasteiger partial charge in [-0.05, 0) is 24.6 Å². The Kier molecular flexibility index (Phi) is 5.00. The highest BCUT2D eigenvalue weighted by atomic mass is 35.5. The van der Waals surface area contributed by atoms with E-state index in [-0.39, 0.29) is 5.65 Å². The summed E-state index contributed by atoms with van der Waals surface area (Å²) in [5, 5.41) is 4.82. The maximum absolute atomic E-state index is 12.6. The first-order valence-corrected chi connectivity index (χ1v) is 8.52. The second-order valence-electron chi connectivity index (χ2n) is 6.28. The molecular weight excluding hydrogens is 368 g/mol. The summed E-state index contributed by atoms with van der Waals surface area (Å²) >= 11 is 5.87. The van der Waals surface area contributed by atoms with Gasteiger partial charge in [0.05, 0.1) is 6.21 Å². The Morgan fingerprint density at radius 2 is 1.93 bits per heavy atom. The summed E-state index contributed by atoms with van der Waals surface area (Å²) in [5.74, 6) is 0.344. The third-order valence-corrected chi connectivity index (χ3v) is 4.28. The van der Waals surface area contributed by atoms with Crippen LogP contribution in [-0.2, 0) is 20.6 Å². The van der Waals surface area contributed by atoms with Gasteiger partial charge >= 0.3 is 5.69 Å². The third-order valence-electron chi connectivity index (χ3n) is 4.02. The van der Waals surface area contributed by atoms with E-state index in [1.54, 1.807) is 30.0 Å². The van der Waals surface area contributed by atoms with Crippen LogP contribution in [0.2, 0.25) is 5.02 Å². The van der Waals surface area contributed by atoms with Gasteiger partial charge in [0.15, 0.2) is 11.2 Å². The van der Waals surface area contributed by atoms with Crippen molar-refractivity contribution in [3.05, 3.63) is 67.8 Å². The Balaban J connectivity index is 2.09. The van der Waals surface area contributed by atoms with Crippen LogP contribution >= 0.6 is 11.6 Å². The number of aryl methyl sites for hydroxylation is 1. The Bertz CT molecular complexity index is 1170. The van der Waals surface area contributed by atoms with Crippen LogP contribution in [-0.4, -0.2) is 24.9 Å². The van der Waals surface area contributed by atoms with E-state index in [1.807, 2.05) is 19.1 Å². The number of hydrogen-bond acceptors (Lipinski definition) is 5. The summed E-state index contributed by atoms with van der Waals surface area (Å²) < 4.78 is 4.05. The average Bonchev–Trinajstić information content (AvgIpc) is 2.98. The number of nitrogens with zero attached hydrogens (tertiary/aromatic N) is 5. The van der Waals surface area contributed by atoms with Crippen molar-refractivity contribution in [3.63, 3.8) is 0 Å². The smallest absolute Gasteiger partial charge is 0.299 e. The molecule has 27 heavy (non-hydrogen) atoms. The molecule has 3 aromatic rings. The molecule has 1 aromatic carbocycles. The van der Waals surface area contributed by atoms with Crippen LogP contribution in [0.3, 0.4) is 0 Å². The van der Waals surface area contributed by atoms with E-state index < -0.39 is 11.2 Å². The van der Waals surface area contributed by atoms with Crippen LogP contribution in [0.15, 0.2) is 51.1 Å². The molecular formula is C18H19ClN6O2. The topological polar surface area (TPSA) is 86.2 Å². The fourth-order valence-electron chi connectivity index (χ4n) is 2.67. The maximum atomic E-state index is 12.6. The number of halogens is 1. The lowest BCUT2D eigenvalue weighted by molar-refractivity contribution is 0.702. The third kappa shape index (κ3) is 3.56. The molecule has 0 aliphatic carbocycles. The van der Waals surface area contributed by atoms with Crippen molar-refractivity contribution < 1.29 is 0 Å². The van der Waals surface area contributed by atoms with Crippen LogP contribution in [0.5, 0.6) is 0 Å². The van der Waals surface area contributed by atoms with E-state index in [1.165, 1.54) is 11.6 Å². The average molecular weight is 387 g/mol. The standard InChI is InChI=1S/C18H19ClN6O2/c1-11(2)10-25-14-15(23(3)18(27)24(4)16(14)26)21-17(25)22-20-9-12-5-7-13(19)8-6-12/h5-9H,1,10H2,2-4H3,(H,21,22)/b20-9-. The Hall–Kier alpha value is -3.13. The van der Waals surface area contributed by atoms with Gasteiger partial charge in [-0.15, -0.1) is 0 Å². The van der Waals surface area contributed by atoms with Gasteiger partial charge in [-0.3, -0.25) is 18.5 Å². The summed E-state index contributed by atoms with van der Waals surface area (Å²) in [5.41, 5.74) is 4.26. The Morgan fingerprint density at radius 1 is 1.26 bits per heavy atom. The van der Waals surface area contributed by atoms with Crippen molar-refractivity contribution in [2.45, 2.75) is 13.5 Å². The Labute approximate surface area is 160 Å². The van der Waals surface area contributed by atoms with Crippen LogP contribution in [0.25, 0.3) is 11.2 Å². The van der Waals surface area contributed by atoms with Crippen LogP contribution in [0.4, 0.5) is 5.95 Å². The number of hydrazone groups is 1. The van der Waals surface area contributed by atoms with Crippen LogP contribution < -0.4 is 16.7 Å². The largest absolute Gasteiger partial charge is 0.332 e. The second-order valence-corrected chi connectivity index (χ2v) is 6.71.